The summed E-state index contributed by atoms with van der Waals surface area (Å²) >= 11 is 0. The van der Waals surface area contributed by atoms with Crippen molar-refractivity contribution >= 4 is 5.69 Å². The lowest BCUT2D eigenvalue weighted by atomic mass is 10.1. The molecule has 1 N–H and O–H groups in total. The number of anilines is 1. The van der Waals surface area contributed by atoms with Crippen LogP contribution in [0, 0.1) is 6.92 Å². The van der Waals surface area contributed by atoms with Crippen molar-refractivity contribution < 1.29 is 0 Å². The molecule has 0 spiro atoms. The van der Waals surface area contributed by atoms with Crippen LogP contribution < -0.4 is 5.32 Å². The SMILES string of the molecule is C=CC.CNc1cnc(C(C)C)cc1C. The van der Waals surface area contributed by atoms with Crippen molar-refractivity contribution in [1.29, 1.82) is 0 Å². The van der Waals surface area contributed by atoms with E-state index in [1.54, 1.807) is 6.08 Å². The molecule has 2 nitrogen and oxygen atoms in total. The number of nitrogens with zero attached hydrogens (tertiary/aromatic N) is 1. The number of pyridine rings is 1. The molecule has 0 amide bonds. The predicted molar refractivity (Wildman–Crippen MR) is 68.5 cm³/mol. The zero-order valence-electron chi connectivity index (χ0n) is 10.5. The molecular formula is C13H22N2. The molecule has 1 aromatic rings. The van der Waals surface area contributed by atoms with Crippen molar-refractivity contribution in [3.63, 3.8) is 0 Å². The van der Waals surface area contributed by atoms with Gasteiger partial charge in [-0.2, -0.15) is 0 Å². The van der Waals surface area contributed by atoms with Crippen LogP contribution in [0.1, 0.15) is 37.9 Å². The van der Waals surface area contributed by atoms with Crippen molar-refractivity contribution in [3.8, 4) is 0 Å². The predicted octanol–water partition coefficient (Wildman–Crippen LogP) is 3.75. The molecule has 0 aromatic carbocycles. The highest BCUT2D eigenvalue weighted by atomic mass is 14.9. The first kappa shape index (κ1) is 13.7. The van der Waals surface area contributed by atoms with Crippen LogP contribution >= 0.6 is 0 Å². The van der Waals surface area contributed by atoms with E-state index in [-0.39, 0.29) is 0 Å². The summed E-state index contributed by atoms with van der Waals surface area (Å²) < 4.78 is 0. The van der Waals surface area contributed by atoms with Crippen LogP contribution in [0.4, 0.5) is 5.69 Å². The third-order valence-electron chi connectivity index (χ3n) is 1.99. The minimum absolute atomic E-state index is 0.509. The van der Waals surface area contributed by atoms with Crippen molar-refractivity contribution in [2.24, 2.45) is 0 Å². The molecule has 1 aromatic heterocycles. The quantitative estimate of drug-likeness (QED) is 0.745. The number of aromatic nitrogens is 1. The largest absolute Gasteiger partial charge is 0.387 e. The average Bonchev–Trinajstić information content (AvgIpc) is 2.18. The van der Waals surface area contributed by atoms with E-state index in [9.17, 15) is 0 Å². The number of nitrogens with one attached hydrogen (secondary N) is 1. The van der Waals surface area contributed by atoms with Gasteiger partial charge in [0.1, 0.15) is 0 Å². The summed E-state index contributed by atoms with van der Waals surface area (Å²) in [6.07, 6.45) is 3.64. The van der Waals surface area contributed by atoms with Crippen molar-refractivity contribution in [2.75, 3.05) is 12.4 Å². The van der Waals surface area contributed by atoms with E-state index in [2.05, 4.69) is 43.7 Å². The van der Waals surface area contributed by atoms with E-state index in [0.717, 1.165) is 11.4 Å². The molecule has 1 heterocycles. The summed E-state index contributed by atoms with van der Waals surface area (Å²) in [4.78, 5) is 4.35. The molecule has 1 rings (SSSR count). The van der Waals surface area contributed by atoms with Gasteiger partial charge in [0, 0.05) is 12.7 Å². The number of hydrogen-bond donors (Lipinski definition) is 1. The van der Waals surface area contributed by atoms with Gasteiger partial charge >= 0.3 is 0 Å². The third kappa shape index (κ3) is 4.63. The van der Waals surface area contributed by atoms with Gasteiger partial charge in [0.05, 0.1) is 11.9 Å². The topological polar surface area (TPSA) is 24.9 Å². The number of allylic oxidation sites excluding steroid dienone is 1. The zero-order chi connectivity index (χ0) is 11.8. The summed E-state index contributed by atoms with van der Waals surface area (Å²) in [5.74, 6) is 0.509. The molecule has 0 aliphatic rings. The average molecular weight is 206 g/mol. The Morgan fingerprint density at radius 3 is 2.33 bits per heavy atom. The standard InChI is InChI=1S/C10H16N2.C3H6/c1-7(2)9-5-8(3)10(11-4)6-12-9;1-3-2/h5-7,11H,1-4H3;3H,1H2,2H3. The maximum absolute atomic E-state index is 4.35. The Bertz CT molecular complexity index is 303. The van der Waals surface area contributed by atoms with Gasteiger partial charge in [0.25, 0.3) is 0 Å². The van der Waals surface area contributed by atoms with Gasteiger partial charge in [-0.3, -0.25) is 4.98 Å². The fourth-order valence-electron chi connectivity index (χ4n) is 1.16. The molecule has 2 heteroatoms. The highest BCUT2D eigenvalue weighted by molar-refractivity contribution is 5.48. The fraction of sp³-hybridized carbons (Fsp3) is 0.462. The van der Waals surface area contributed by atoms with Gasteiger partial charge < -0.3 is 5.32 Å². The maximum atomic E-state index is 4.35. The Kier molecular flexibility index (Phi) is 6.43. The summed E-state index contributed by atoms with van der Waals surface area (Å²) in [6, 6.07) is 2.14. The smallest absolute Gasteiger partial charge is 0.0554 e. The Balaban J connectivity index is 0.000000583. The normalized spacial score (nSPS) is 9.20. The van der Waals surface area contributed by atoms with Crippen LogP contribution in [-0.2, 0) is 0 Å². The lowest BCUT2D eigenvalue weighted by molar-refractivity contribution is 0.821. The zero-order valence-corrected chi connectivity index (χ0v) is 10.5. The first-order valence-electron chi connectivity index (χ1n) is 5.28. The molecule has 0 radical (unpaired) electrons. The molecule has 0 aliphatic heterocycles. The van der Waals surface area contributed by atoms with Gasteiger partial charge in [-0.15, -0.1) is 6.58 Å². The first-order valence-corrected chi connectivity index (χ1v) is 5.28. The highest BCUT2D eigenvalue weighted by Crippen LogP contribution is 2.18. The molecule has 0 unspecified atom stereocenters. The minimum atomic E-state index is 0.509. The second kappa shape index (κ2) is 7.04. The molecule has 0 saturated heterocycles. The number of hydrogen-bond acceptors (Lipinski definition) is 2. The second-order valence-corrected chi connectivity index (χ2v) is 3.74. The van der Waals surface area contributed by atoms with E-state index in [0.29, 0.717) is 5.92 Å². The Hall–Kier alpha value is -1.31. The minimum Gasteiger partial charge on any atom is -0.387 e. The molecular weight excluding hydrogens is 184 g/mol. The molecule has 0 saturated carbocycles. The Labute approximate surface area is 93.4 Å². The summed E-state index contributed by atoms with van der Waals surface area (Å²) in [7, 11) is 1.92. The highest BCUT2D eigenvalue weighted by Gasteiger charge is 2.02. The van der Waals surface area contributed by atoms with E-state index in [4.69, 9.17) is 0 Å². The van der Waals surface area contributed by atoms with E-state index in [1.807, 2.05) is 20.2 Å². The van der Waals surface area contributed by atoms with Crippen LogP contribution in [-0.4, -0.2) is 12.0 Å². The van der Waals surface area contributed by atoms with Gasteiger partial charge in [0.15, 0.2) is 0 Å². The van der Waals surface area contributed by atoms with Gasteiger partial charge in [-0.05, 0) is 31.4 Å². The van der Waals surface area contributed by atoms with Crippen LogP contribution in [0.3, 0.4) is 0 Å². The lowest BCUT2D eigenvalue weighted by Gasteiger charge is -2.08. The summed E-state index contributed by atoms with van der Waals surface area (Å²) in [5, 5.41) is 3.10. The summed E-state index contributed by atoms with van der Waals surface area (Å²) in [6.45, 7) is 11.7. The van der Waals surface area contributed by atoms with Crippen LogP contribution in [0.15, 0.2) is 24.9 Å². The van der Waals surface area contributed by atoms with Gasteiger partial charge in [-0.1, -0.05) is 19.9 Å². The monoisotopic (exact) mass is 206 g/mol. The second-order valence-electron chi connectivity index (χ2n) is 3.74. The Morgan fingerprint density at radius 1 is 1.47 bits per heavy atom. The molecule has 15 heavy (non-hydrogen) atoms. The first-order chi connectivity index (χ1) is 7.06. The molecule has 0 aliphatic carbocycles. The van der Waals surface area contributed by atoms with Gasteiger partial charge in [0.2, 0.25) is 0 Å². The molecule has 0 bridgehead atoms. The van der Waals surface area contributed by atoms with Crippen molar-refractivity contribution in [1.82, 2.24) is 4.98 Å². The van der Waals surface area contributed by atoms with Crippen molar-refractivity contribution in [3.05, 3.63) is 36.2 Å². The molecule has 0 atom stereocenters. The van der Waals surface area contributed by atoms with Crippen LogP contribution in [0.2, 0.25) is 0 Å². The van der Waals surface area contributed by atoms with E-state index in [1.165, 1.54) is 5.56 Å². The molecule has 0 fully saturated rings. The fourth-order valence-corrected chi connectivity index (χ4v) is 1.16. The van der Waals surface area contributed by atoms with E-state index >= 15 is 0 Å². The van der Waals surface area contributed by atoms with Crippen LogP contribution in [0.5, 0.6) is 0 Å². The van der Waals surface area contributed by atoms with E-state index < -0.39 is 0 Å². The van der Waals surface area contributed by atoms with Gasteiger partial charge in [-0.25, -0.2) is 0 Å². The lowest BCUT2D eigenvalue weighted by Crippen LogP contribution is -1.97. The molecule has 84 valence electrons. The summed E-state index contributed by atoms with van der Waals surface area (Å²) in [5.41, 5.74) is 3.53. The maximum Gasteiger partial charge on any atom is 0.0554 e. The van der Waals surface area contributed by atoms with Crippen LogP contribution in [0.25, 0.3) is 0 Å². The van der Waals surface area contributed by atoms with Crippen molar-refractivity contribution in [2.45, 2.75) is 33.6 Å². The number of aryl methyl sites for hydroxylation is 1. The Morgan fingerprint density at radius 2 is 2.00 bits per heavy atom. The third-order valence-corrected chi connectivity index (χ3v) is 1.99. The number of rotatable bonds is 2.